The van der Waals surface area contributed by atoms with E-state index < -0.39 is 0 Å². The summed E-state index contributed by atoms with van der Waals surface area (Å²) in [5.74, 6) is 2.21. The Bertz CT molecular complexity index is 688. The van der Waals surface area contributed by atoms with Crippen molar-refractivity contribution in [2.75, 3.05) is 25.0 Å². The van der Waals surface area contributed by atoms with Gasteiger partial charge in [0.15, 0.2) is 0 Å². The van der Waals surface area contributed by atoms with E-state index in [9.17, 15) is 4.79 Å². The Morgan fingerprint density at radius 2 is 2.17 bits per heavy atom. The van der Waals surface area contributed by atoms with E-state index in [0.29, 0.717) is 24.4 Å². The number of carbonyl (C=O) groups is 1. The minimum Gasteiger partial charge on any atom is -0.355 e. The van der Waals surface area contributed by atoms with E-state index in [2.05, 4.69) is 26.9 Å². The quantitative estimate of drug-likeness (QED) is 0.840. The summed E-state index contributed by atoms with van der Waals surface area (Å²) in [5, 5.41) is 0. The number of nitrogens with zero attached hydrogens (tertiary/aromatic N) is 6. The molecule has 2 aromatic rings. The number of aromatic nitrogens is 4. The Balaban J connectivity index is 1.42. The molecule has 0 spiro atoms. The summed E-state index contributed by atoms with van der Waals surface area (Å²) in [7, 11) is 2.09. The molecule has 1 aliphatic heterocycles. The van der Waals surface area contributed by atoms with Gasteiger partial charge in [-0.15, -0.1) is 0 Å². The van der Waals surface area contributed by atoms with Gasteiger partial charge < -0.3 is 14.4 Å². The minimum absolute atomic E-state index is 0.184. The first-order valence-electron chi connectivity index (χ1n) is 8.44. The van der Waals surface area contributed by atoms with Crippen LogP contribution in [0.1, 0.15) is 12.8 Å². The molecule has 24 heavy (non-hydrogen) atoms. The predicted molar refractivity (Wildman–Crippen MR) is 89.2 cm³/mol. The van der Waals surface area contributed by atoms with Crippen molar-refractivity contribution in [3.8, 4) is 0 Å². The van der Waals surface area contributed by atoms with Crippen molar-refractivity contribution >= 4 is 11.7 Å². The van der Waals surface area contributed by atoms with Gasteiger partial charge in [-0.3, -0.25) is 9.78 Å². The normalized spacial score (nSPS) is 25.7. The van der Waals surface area contributed by atoms with E-state index in [4.69, 9.17) is 0 Å². The topological polar surface area (TPSA) is 67.2 Å². The lowest BCUT2D eigenvalue weighted by atomic mass is 9.97. The largest absolute Gasteiger partial charge is 0.355 e. The molecule has 2 aliphatic rings. The number of hydrogen-bond acceptors (Lipinski definition) is 5. The fourth-order valence-electron chi connectivity index (χ4n) is 4.20. The Hall–Kier alpha value is -2.44. The van der Waals surface area contributed by atoms with E-state index in [1.807, 2.05) is 21.9 Å². The highest BCUT2D eigenvalue weighted by Gasteiger charge is 2.45. The highest BCUT2D eigenvalue weighted by atomic mass is 16.2. The second-order valence-corrected chi connectivity index (χ2v) is 6.78. The van der Waals surface area contributed by atoms with Crippen molar-refractivity contribution in [1.29, 1.82) is 0 Å². The molecule has 3 atom stereocenters. The van der Waals surface area contributed by atoms with Crippen molar-refractivity contribution in [1.82, 2.24) is 24.4 Å². The lowest BCUT2D eigenvalue weighted by Gasteiger charge is -2.30. The van der Waals surface area contributed by atoms with E-state index in [1.54, 1.807) is 24.9 Å². The van der Waals surface area contributed by atoms with Gasteiger partial charge in [0.2, 0.25) is 5.91 Å². The second kappa shape index (κ2) is 6.22. The van der Waals surface area contributed by atoms with Gasteiger partial charge in [-0.2, -0.15) is 0 Å². The third-order valence-electron chi connectivity index (χ3n) is 5.46. The van der Waals surface area contributed by atoms with Crippen LogP contribution in [0, 0.1) is 11.8 Å². The number of rotatable bonds is 4. The Morgan fingerprint density at radius 3 is 2.92 bits per heavy atom. The summed E-state index contributed by atoms with van der Waals surface area (Å²) >= 11 is 0. The standard InChI is InChI=1S/C17H22N6O/c1-21(16-8-18-4-5-20-16)15-3-2-13-9-23(10-14(13)15)17(24)11-22-7-6-19-12-22/h4-8,12-15H,2-3,9-11H2,1H3/t13-,14+,15-/m1/s1. The van der Waals surface area contributed by atoms with Crippen LogP contribution in [0.4, 0.5) is 5.82 Å². The van der Waals surface area contributed by atoms with E-state index in [1.165, 1.54) is 6.42 Å². The molecule has 7 nitrogen and oxygen atoms in total. The zero-order valence-electron chi connectivity index (χ0n) is 13.8. The monoisotopic (exact) mass is 326 g/mol. The molecule has 1 amide bonds. The maximum Gasteiger partial charge on any atom is 0.242 e. The average molecular weight is 326 g/mol. The molecule has 1 aliphatic carbocycles. The van der Waals surface area contributed by atoms with Crippen LogP contribution in [0.5, 0.6) is 0 Å². The maximum atomic E-state index is 12.5. The molecular weight excluding hydrogens is 304 g/mol. The molecular formula is C17H22N6O. The lowest BCUT2D eigenvalue weighted by molar-refractivity contribution is -0.131. The summed E-state index contributed by atoms with van der Waals surface area (Å²) in [4.78, 5) is 29.4. The van der Waals surface area contributed by atoms with Crippen molar-refractivity contribution < 1.29 is 4.79 Å². The summed E-state index contributed by atoms with van der Waals surface area (Å²) in [6, 6.07) is 0.428. The molecule has 2 aromatic heterocycles. The van der Waals surface area contributed by atoms with Crippen LogP contribution in [0.15, 0.2) is 37.3 Å². The third kappa shape index (κ3) is 2.74. The van der Waals surface area contributed by atoms with Gasteiger partial charge >= 0.3 is 0 Å². The van der Waals surface area contributed by atoms with Gasteiger partial charge in [-0.25, -0.2) is 9.97 Å². The molecule has 0 unspecified atom stereocenters. The van der Waals surface area contributed by atoms with Crippen LogP contribution in [0.3, 0.4) is 0 Å². The van der Waals surface area contributed by atoms with Crippen LogP contribution >= 0.6 is 0 Å². The number of hydrogen-bond donors (Lipinski definition) is 0. The van der Waals surface area contributed by atoms with Crippen LogP contribution in [0.25, 0.3) is 0 Å². The highest BCUT2D eigenvalue weighted by molar-refractivity contribution is 5.76. The molecule has 4 rings (SSSR count). The summed E-state index contributed by atoms with van der Waals surface area (Å²) in [6.07, 6.45) is 12.8. The summed E-state index contributed by atoms with van der Waals surface area (Å²) in [5.41, 5.74) is 0. The van der Waals surface area contributed by atoms with Gasteiger partial charge in [0.1, 0.15) is 12.4 Å². The van der Waals surface area contributed by atoms with Crippen LogP contribution in [0.2, 0.25) is 0 Å². The minimum atomic E-state index is 0.184. The lowest BCUT2D eigenvalue weighted by Crippen LogP contribution is -2.39. The number of imidazole rings is 1. The van der Waals surface area contributed by atoms with E-state index in [-0.39, 0.29) is 5.91 Å². The van der Waals surface area contributed by atoms with Crippen LogP contribution < -0.4 is 4.90 Å². The van der Waals surface area contributed by atoms with E-state index >= 15 is 0 Å². The van der Waals surface area contributed by atoms with Crippen molar-refractivity contribution in [3.63, 3.8) is 0 Å². The number of amides is 1. The van der Waals surface area contributed by atoms with Gasteiger partial charge in [-0.05, 0) is 18.8 Å². The number of carbonyl (C=O) groups excluding carboxylic acids is 1. The third-order valence-corrected chi connectivity index (χ3v) is 5.46. The zero-order chi connectivity index (χ0) is 16.5. The molecule has 0 bridgehead atoms. The van der Waals surface area contributed by atoms with Gasteiger partial charge in [-0.1, -0.05) is 0 Å². The van der Waals surface area contributed by atoms with Gasteiger partial charge in [0.05, 0.1) is 12.5 Å². The van der Waals surface area contributed by atoms with Crippen molar-refractivity contribution in [3.05, 3.63) is 37.3 Å². The molecule has 0 aromatic carbocycles. The van der Waals surface area contributed by atoms with Gasteiger partial charge in [0.25, 0.3) is 0 Å². The zero-order valence-corrected chi connectivity index (χ0v) is 13.8. The molecule has 0 radical (unpaired) electrons. The van der Waals surface area contributed by atoms with Crippen LogP contribution in [-0.2, 0) is 11.3 Å². The Morgan fingerprint density at radius 1 is 1.25 bits per heavy atom. The summed E-state index contributed by atoms with van der Waals surface area (Å²) < 4.78 is 1.83. The maximum absolute atomic E-state index is 12.5. The number of likely N-dealkylation sites (tertiary alicyclic amines) is 1. The highest BCUT2D eigenvalue weighted by Crippen LogP contribution is 2.41. The molecule has 1 saturated heterocycles. The number of anilines is 1. The summed E-state index contributed by atoms with van der Waals surface area (Å²) in [6.45, 7) is 2.10. The smallest absolute Gasteiger partial charge is 0.242 e. The average Bonchev–Trinajstić information content (AvgIpc) is 3.31. The first kappa shape index (κ1) is 15.1. The second-order valence-electron chi connectivity index (χ2n) is 6.78. The van der Waals surface area contributed by atoms with Gasteiger partial charge in [0, 0.05) is 56.9 Å². The fraction of sp³-hybridized carbons (Fsp3) is 0.529. The molecule has 3 heterocycles. The Labute approximate surface area is 141 Å². The molecule has 1 saturated carbocycles. The molecule has 0 N–H and O–H groups in total. The SMILES string of the molecule is CN(c1cnccn1)[C@@H]1CC[C@@H]2CN(C(=O)Cn3ccnc3)C[C@@H]21. The van der Waals surface area contributed by atoms with E-state index in [0.717, 1.165) is 25.3 Å². The van der Waals surface area contributed by atoms with Crippen molar-refractivity contribution in [2.24, 2.45) is 11.8 Å². The molecule has 7 heteroatoms. The Kier molecular flexibility index (Phi) is 3.92. The molecule has 2 fully saturated rings. The van der Waals surface area contributed by atoms with Crippen LogP contribution in [-0.4, -0.2) is 56.5 Å². The predicted octanol–water partition coefficient (Wildman–Crippen LogP) is 1.05. The first-order chi connectivity index (χ1) is 11.7. The number of fused-ring (bicyclic) bond motifs is 1. The fourth-order valence-corrected chi connectivity index (χ4v) is 4.20. The first-order valence-corrected chi connectivity index (χ1v) is 8.44. The van der Waals surface area contributed by atoms with Crippen molar-refractivity contribution in [2.45, 2.75) is 25.4 Å². The molecule has 126 valence electrons.